The standard InChI is InChI=1S/C17H24N4O/c22-16(14-6-1-2-7-14)21-15-8-3-5-13(11-15)12-20-17-18-9-4-10-19-17/h3,5,8,11,14H,1-2,4,6-7,9-10,12H2,(H,21,22)(H2,18,19,20). The molecule has 1 aromatic carbocycles. The van der Waals surface area contributed by atoms with Gasteiger partial charge >= 0.3 is 0 Å². The molecule has 0 bridgehead atoms. The smallest absolute Gasteiger partial charge is 0.227 e. The van der Waals surface area contributed by atoms with Crippen molar-refractivity contribution in [3.63, 3.8) is 0 Å². The van der Waals surface area contributed by atoms with Gasteiger partial charge in [-0.05, 0) is 37.0 Å². The number of rotatable bonds is 4. The molecule has 1 aromatic rings. The van der Waals surface area contributed by atoms with E-state index in [-0.39, 0.29) is 11.8 Å². The first kappa shape index (κ1) is 14.9. The Morgan fingerprint density at radius 1 is 1.27 bits per heavy atom. The Bertz CT molecular complexity index is 549. The van der Waals surface area contributed by atoms with Crippen LogP contribution in [-0.2, 0) is 11.3 Å². The van der Waals surface area contributed by atoms with Crippen LogP contribution >= 0.6 is 0 Å². The van der Waals surface area contributed by atoms with Crippen LogP contribution < -0.4 is 16.0 Å². The predicted molar refractivity (Wildman–Crippen MR) is 88.8 cm³/mol. The normalized spacial score (nSPS) is 18.5. The van der Waals surface area contributed by atoms with Crippen molar-refractivity contribution in [3.05, 3.63) is 29.8 Å². The number of carbonyl (C=O) groups is 1. The SMILES string of the molecule is O=C(Nc1cccc(CNC2=NCCCN2)c1)C1CCCC1. The fourth-order valence-corrected chi connectivity index (χ4v) is 3.03. The van der Waals surface area contributed by atoms with Crippen LogP contribution in [0.2, 0.25) is 0 Å². The van der Waals surface area contributed by atoms with Gasteiger partial charge in [0.05, 0.1) is 0 Å². The summed E-state index contributed by atoms with van der Waals surface area (Å²) in [6.45, 7) is 2.56. The highest BCUT2D eigenvalue weighted by Gasteiger charge is 2.22. The zero-order chi connectivity index (χ0) is 15.2. The van der Waals surface area contributed by atoms with Gasteiger partial charge in [-0.3, -0.25) is 9.79 Å². The maximum absolute atomic E-state index is 12.2. The fraction of sp³-hybridized carbons (Fsp3) is 0.529. The Kier molecular flexibility index (Phi) is 4.93. The molecule has 5 heteroatoms. The largest absolute Gasteiger partial charge is 0.356 e. The third kappa shape index (κ3) is 4.00. The van der Waals surface area contributed by atoms with Gasteiger partial charge in [0.25, 0.3) is 0 Å². The number of carbonyl (C=O) groups excluding carboxylic acids is 1. The number of aliphatic imine (C=N–C) groups is 1. The molecule has 22 heavy (non-hydrogen) atoms. The molecule has 5 nitrogen and oxygen atoms in total. The molecule has 0 radical (unpaired) electrons. The third-order valence-electron chi connectivity index (χ3n) is 4.28. The quantitative estimate of drug-likeness (QED) is 0.799. The number of nitrogens with zero attached hydrogens (tertiary/aromatic N) is 1. The van der Waals surface area contributed by atoms with Crippen molar-refractivity contribution in [2.45, 2.75) is 38.6 Å². The number of guanidine groups is 1. The van der Waals surface area contributed by atoms with Crippen LogP contribution in [0.15, 0.2) is 29.3 Å². The topological polar surface area (TPSA) is 65.5 Å². The van der Waals surface area contributed by atoms with Crippen molar-refractivity contribution >= 4 is 17.6 Å². The van der Waals surface area contributed by atoms with E-state index in [9.17, 15) is 4.79 Å². The van der Waals surface area contributed by atoms with E-state index >= 15 is 0 Å². The van der Waals surface area contributed by atoms with Crippen LogP contribution in [0.3, 0.4) is 0 Å². The van der Waals surface area contributed by atoms with Gasteiger partial charge in [0.2, 0.25) is 5.91 Å². The molecule has 3 N–H and O–H groups in total. The van der Waals surface area contributed by atoms with Crippen molar-refractivity contribution < 1.29 is 4.79 Å². The summed E-state index contributed by atoms with van der Waals surface area (Å²) in [5.74, 6) is 1.23. The Morgan fingerprint density at radius 3 is 2.91 bits per heavy atom. The second kappa shape index (κ2) is 7.29. The summed E-state index contributed by atoms with van der Waals surface area (Å²) in [5.41, 5.74) is 2.02. The lowest BCUT2D eigenvalue weighted by atomic mass is 10.1. The molecule has 1 amide bonds. The van der Waals surface area contributed by atoms with Gasteiger partial charge in [-0.25, -0.2) is 0 Å². The van der Waals surface area contributed by atoms with Crippen molar-refractivity contribution in [2.24, 2.45) is 10.9 Å². The molecule has 2 aliphatic rings. The van der Waals surface area contributed by atoms with Crippen LogP contribution in [0.5, 0.6) is 0 Å². The van der Waals surface area contributed by atoms with Crippen LogP contribution in [0, 0.1) is 5.92 Å². The van der Waals surface area contributed by atoms with Crippen LogP contribution in [-0.4, -0.2) is 25.0 Å². The zero-order valence-electron chi connectivity index (χ0n) is 12.9. The molecular formula is C17H24N4O. The van der Waals surface area contributed by atoms with Gasteiger partial charge in [0.15, 0.2) is 5.96 Å². The summed E-state index contributed by atoms with van der Waals surface area (Å²) in [5, 5.41) is 9.59. The molecule has 1 fully saturated rings. The summed E-state index contributed by atoms with van der Waals surface area (Å²) >= 11 is 0. The second-order valence-electron chi connectivity index (χ2n) is 6.04. The molecule has 3 rings (SSSR count). The molecule has 0 aromatic heterocycles. The maximum atomic E-state index is 12.2. The van der Waals surface area contributed by atoms with Crippen molar-refractivity contribution in [1.29, 1.82) is 0 Å². The number of hydrogen-bond donors (Lipinski definition) is 3. The van der Waals surface area contributed by atoms with Gasteiger partial charge < -0.3 is 16.0 Å². The van der Waals surface area contributed by atoms with E-state index in [1.54, 1.807) is 0 Å². The predicted octanol–water partition coefficient (Wildman–Crippen LogP) is 2.25. The van der Waals surface area contributed by atoms with Crippen molar-refractivity contribution in [1.82, 2.24) is 10.6 Å². The first-order valence-electron chi connectivity index (χ1n) is 8.23. The Labute approximate surface area is 131 Å². The van der Waals surface area contributed by atoms with Gasteiger partial charge in [-0.15, -0.1) is 0 Å². The summed E-state index contributed by atoms with van der Waals surface area (Å²) in [7, 11) is 0. The summed E-state index contributed by atoms with van der Waals surface area (Å²) in [6, 6.07) is 8.02. The first-order chi connectivity index (χ1) is 10.8. The number of benzene rings is 1. The van der Waals surface area contributed by atoms with E-state index in [1.165, 1.54) is 12.8 Å². The summed E-state index contributed by atoms with van der Waals surface area (Å²) in [6.07, 6.45) is 5.50. The zero-order valence-corrected chi connectivity index (χ0v) is 12.9. The minimum atomic E-state index is 0.168. The van der Waals surface area contributed by atoms with E-state index in [0.717, 1.165) is 49.6 Å². The lowest BCUT2D eigenvalue weighted by Crippen LogP contribution is -2.40. The van der Waals surface area contributed by atoms with Gasteiger partial charge in [-0.1, -0.05) is 25.0 Å². The Hall–Kier alpha value is -2.04. The summed E-state index contributed by atoms with van der Waals surface area (Å²) < 4.78 is 0. The average molecular weight is 300 g/mol. The molecule has 0 saturated heterocycles. The van der Waals surface area contributed by atoms with Crippen LogP contribution in [0.25, 0.3) is 0 Å². The van der Waals surface area contributed by atoms with E-state index in [0.29, 0.717) is 6.54 Å². The average Bonchev–Trinajstić information content (AvgIpc) is 3.09. The lowest BCUT2D eigenvalue weighted by Gasteiger charge is -2.16. The number of anilines is 1. The molecule has 0 atom stereocenters. The Morgan fingerprint density at radius 2 is 2.14 bits per heavy atom. The molecule has 1 saturated carbocycles. The Balaban J connectivity index is 1.55. The molecule has 1 aliphatic heterocycles. The molecule has 118 valence electrons. The summed E-state index contributed by atoms with van der Waals surface area (Å²) in [4.78, 5) is 16.6. The van der Waals surface area contributed by atoms with E-state index in [4.69, 9.17) is 0 Å². The number of nitrogens with one attached hydrogen (secondary N) is 3. The minimum absolute atomic E-state index is 0.168. The molecule has 0 spiro atoms. The van der Waals surface area contributed by atoms with Gasteiger partial charge in [0.1, 0.15) is 0 Å². The van der Waals surface area contributed by atoms with Crippen molar-refractivity contribution in [3.8, 4) is 0 Å². The van der Waals surface area contributed by atoms with Gasteiger partial charge in [0, 0.05) is 31.2 Å². The van der Waals surface area contributed by atoms with E-state index in [1.807, 2.05) is 18.2 Å². The molecule has 1 heterocycles. The van der Waals surface area contributed by atoms with E-state index in [2.05, 4.69) is 27.0 Å². The van der Waals surface area contributed by atoms with Crippen LogP contribution in [0.1, 0.15) is 37.7 Å². The molecule has 0 unspecified atom stereocenters. The first-order valence-corrected chi connectivity index (χ1v) is 8.23. The van der Waals surface area contributed by atoms with Crippen molar-refractivity contribution in [2.75, 3.05) is 18.4 Å². The minimum Gasteiger partial charge on any atom is -0.356 e. The lowest BCUT2D eigenvalue weighted by molar-refractivity contribution is -0.119. The van der Waals surface area contributed by atoms with Crippen LogP contribution in [0.4, 0.5) is 5.69 Å². The number of amides is 1. The molecular weight excluding hydrogens is 276 g/mol. The maximum Gasteiger partial charge on any atom is 0.227 e. The fourth-order valence-electron chi connectivity index (χ4n) is 3.03. The molecule has 1 aliphatic carbocycles. The third-order valence-corrected chi connectivity index (χ3v) is 4.28. The van der Waals surface area contributed by atoms with E-state index < -0.39 is 0 Å². The van der Waals surface area contributed by atoms with Gasteiger partial charge in [-0.2, -0.15) is 0 Å². The number of hydrogen-bond acceptors (Lipinski definition) is 4. The monoisotopic (exact) mass is 300 g/mol. The highest BCUT2D eigenvalue weighted by Crippen LogP contribution is 2.26. The highest BCUT2D eigenvalue weighted by atomic mass is 16.1. The second-order valence-corrected chi connectivity index (χ2v) is 6.04. The highest BCUT2D eigenvalue weighted by molar-refractivity contribution is 5.92.